The first-order chi connectivity index (χ1) is 9.20. The predicted molar refractivity (Wildman–Crippen MR) is 63.1 cm³/mol. The number of carbonyl (C=O) groups is 2. The second kappa shape index (κ2) is 5.87. The van der Waals surface area contributed by atoms with Crippen molar-refractivity contribution in [1.29, 1.82) is 0 Å². The van der Waals surface area contributed by atoms with Crippen LogP contribution in [0.5, 0.6) is 0 Å². The van der Waals surface area contributed by atoms with Crippen molar-refractivity contribution in [2.75, 3.05) is 13.3 Å². The summed E-state index contributed by atoms with van der Waals surface area (Å²) in [7, 11) is 0. The first kappa shape index (κ1) is 12.9. The van der Waals surface area contributed by atoms with Gasteiger partial charge in [0, 0.05) is 11.1 Å². The third-order valence-corrected chi connectivity index (χ3v) is 2.46. The monoisotopic (exact) mass is 264 g/mol. The fourth-order valence-corrected chi connectivity index (χ4v) is 1.47. The van der Waals surface area contributed by atoms with Crippen LogP contribution in [0.1, 0.15) is 20.7 Å². The molecular formula is C12H12N2O5. The minimum atomic E-state index is -0.631. The Balaban J connectivity index is 1.93. The van der Waals surface area contributed by atoms with E-state index >= 15 is 0 Å². The average molecular weight is 264 g/mol. The van der Waals surface area contributed by atoms with Crippen molar-refractivity contribution in [2.45, 2.75) is 0 Å². The van der Waals surface area contributed by atoms with Crippen LogP contribution in [-0.4, -0.2) is 30.4 Å². The summed E-state index contributed by atoms with van der Waals surface area (Å²) in [5, 5.41) is 11.1. The van der Waals surface area contributed by atoms with Gasteiger partial charge in [0.15, 0.2) is 5.76 Å². The molecule has 0 saturated heterocycles. The smallest absolute Gasteiger partial charge is 0.274 e. The van der Waals surface area contributed by atoms with E-state index < -0.39 is 5.91 Å². The molecule has 0 aliphatic carbocycles. The minimum absolute atomic E-state index is 0.163. The topological polar surface area (TPSA) is 96.9 Å². The largest absolute Gasteiger partial charge is 0.462 e. The van der Waals surface area contributed by atoms with Crippen LogP contribution in [0.15, 0.2) is 36.3 Å². The molecular weight excluding hydrogens is 252 g/mol. The Morgan fingerprint density at radius 1 is 1.16 bits per heavy atom. The molecule has 2 rings (SSSR count). The van der Waals surface area contributed by atoms with Gasteiger partial charge >= 0.3 is 0 Å². The van der Waals surface area contributed by atoms with Crippen molar-refractivity contribution >= 4 is 11.8 Å². The molecule has 1 heterocycles. The Kier molecular flexibility index (Phi) is 3.99. The highest BCUT2D eigenvalue weighted by molar-refractivity contribution is 5.97. The zero-order valence-corrected chi connectivity index (χ0v) is 9.88. The van der Waals surface area contributed by atoms with E-state index in [1.807, 2.05) is 0 Å². The van der Waals surface area contributed by atoms with Crippen LogP contribution in [-0.2, 0) is 9.47 Å². The quantitative estimate of drug-likeness (QED) is 0.539. The van der Waals surface area contributed by atoms with Crippen LogP contribution in [0.4, 0.5) is 0 Å². The number of carbonyl (C=O) groups excluding carboxylic acids is 2. The maximum absolute atomic E-state index is 11.8. The van der Waals surface area contributed by atoms with Gasteiger partial charge in [-0.3, -0.25) is 14.8 Å². The zero-order valence-electron chi connectivity index (χ0n) is 9.88. The number of amides is 2. The van der Waals surface area contributed by atoms with Gasteiger partial charge in [-0.2, -0.15) is 0 Å². The van der Waals surface area contributed by atoms with Gasteiger partial charge < -0.3 is 14.8 Å². The molecule has 3 N–H and O–H groups in total. The summed E-state index contributed by atoms with van der Waals surface area (Å²) in [5.41, 5.74) is 2.17. The molecule has 7 heteroatoms. The van der Waals surface area contributed by atoms with E-state index in [1.165, 1.54) is 36.0 Å². The van der Waals surface area contributed by atoms with E-state index in [0.717, 1.165) is 0 Å². The highest BCUT2D eigenvalue weighted by atomic mass is 16.7. The molecule has 7 nitrogen and oxygen atoms in total. The van der Waals surface area contributed by atoms with E-state index in [9.17, 15) is 9.59 Å². The van der Waals surface area contributed by atoms with Crippen LogP contribution in [0.3, 0.4) is 0 Å². The van der Waals surface area contributed by atoms with Gasteiger partial charge in [0.2, 0.25) is 6.79 Å². The summed E-state index contributed by atoms with van der Waals surface area (Å²) in [6.07, 6.45) is 1.44. The molecule has 2 amide bonds. The van der Waals surface area contributed by atoms with Crippen molar-refractivity contribution in [1.82, 2.24) is 10.8 Å². The number of hydrogen-bond donors (Lipinski definition) is 3. The molecule has 0 spiro atoms. The Hall–Kier alpha value is -2.54. The lowest BCUT2D eigenvalue weighted by molar-refractivity contribution is 0.0706. The SMILES string of the molecule is O=C(NO)c1ccc(C(=O)NCC2=COCO2)cc1. The van der Waals surface area contributed by atoms with Gasteiger partial charge in [-0.1, -0.05) is 0 Å². The molecule has 100 valence electrons. The first-order valence-corrected chi connectivity index (χ1v) is 5.47. The van der Waals surface area contributed by atoms with Gasteiger partial charge in [-0.05, 0) is 24.3 Å². The summed E-state index contributed by atoms with van der Waals surface area (Å²) < 4.78 is 9.89. The minimum Gasteiger partial charge on any atom is -0.462 e. The van der Waals surface area contributed by atoms with E-state index in [1.54, 1.807) is 0 Å². The van der Waals surface area contributed by atoms with Crippen molar-refractivity contribution in [3.8, 4) is 0 Å². The number of benzene rings is 1. The number of hydroxylamine groups is 1. The van der Waals surface area contributed by atoms with E-state index in [4.69, 9.17) is 14.7 Å². The van der Waals surface area contributed by atoms with E-state index in [2.05, 4.69) is 5.32 Å². The summed E-state index contributed by atoms with van der Waals surface area (Å²) in [4.78, 5) is 22.9. The Labute approximate surface area is 108 Å². The normalized spacial score (nSPS) is 13.0. The second-order valence-electron chi connectivity index (χ2n) is 3.71. The van der Waals surface area contributed by atoms with Crippen LogP contribution in [0, 0.1) is 0 Å². The van der Waals surface area contributed by atoms with E-state index in [0.29, 0.717) is 11.3 Å². The predicted octanol–water partition coefficient (Wildman–Crippen LogP) is 0.381. The van der Waals surface area contributed by atoms with Gasteiger partial charge in [0.05, 0.1) is 6.54 Å². The lowest BCUT2D eigenvalue weighted by atomic mass is 10.1. The zero-order chi connectivity index (χ0) is 13.7. The number of rotatable bonds is 4. The Bertz CT molecular complexity index is 509. The van der Waals surface area contributed by atoms with Gasteiger partial charge in [-0.15, -0.1) is 0 Å². The number of hydrogen-bond acceptors (Lipinski definition) is 5. The molecule has 1 aliphatic rings. The summed E-state index contributed by atoms with van der Waals surface area (Å²) >= 11 is 0. The Morgan fingerprint density at radius 3 is 2.32 bits per heavy atom. The van der Waals surface area contributed by atoms with Crippen LogP contribution < -0.4 is 10.8 Å². The lowest BCUT2D eigenvalue weighted by Crippen LogP contribution is -2.26. The Morgan fingerprint density at radius 2 is 1.79 bits per heavy atom. The van der Waals surface area contributed by atoms with Gasteiger partial charge in [0.1, 0.15) is 6.26 Å². The molecule has 19 heavy (non-hydrogen) atoms. The molecule has 0 aromatic heterocycles. The molecule has 0 fully saturated rings. The lowest BCUT2D eigenvalue weighted by Gasteiger charge is -2.05. The summed E-state index contributed by atoms with van der Waals surface area (Å²) in [6, 6.07) is 5.85. The van der Waals surface area contributed by atoms with Gasteiger partial charge in [-0.25, -0.2) is 5.48 Å². The first-order valence-electron chi connectivity index (χ1n) is 5.47. The average Bonchev–Trinajstić information content (AvgIpc) is 2.97. The highest BCUT2D eigenvalue weighted by Gasteiger charge is 2.11. The third kappa shape index (κ3) is 3.23. The van der Waals surface area contributed by atoms with Crippen LogP contribution >= 0.6 is 0 Å². The summed E-state index contributed by atoms with van der Waals surface area (Å²) in [6.45, 7) is 0.397. The van der Waals surface area contributed by atoms with Gasteiger partial charge in [0.25, 0.3) is 11.8 Å². The molecule has 0 atom stereocenters. The molecule has 0 saturated carbocycles. The standard InChI is InChI=1S/C12H12N2O5/c15-11(13-5-10-6-18-7-19-10)8-1-3-9(4-2-8)12(16)14-17/h1-4,6,17H,5,7H2,(H,13,15)(H,14,16). The molecule has 0 unspecified atom stereocenters. The molecule has 0 radical (unpaired) electrons. The molecule has 1 aromatic rings. The number of nitrogens with one attached hydrogen (secondary N) is 2. The van der Waals surface area contributed by atoms with Crippen LogP contribution in [0.25, 0.3) is 0 Å². The third-order valence-electron chi connectivity index (χ3n) is 2.46. The maximum atomic E-state index is 11.8. The highest BCUT2D eigenvalue weighted by Crippen LogP contribution is 2.07. The van der Waals surface area contributed by atoms with Crippen molar-refractivity contribution < 1.29 is 24.3 Å². The van der Waals surface area contributed by atoms with Crippen LogP contribution in [0.2, 0.25) is 0 Å². The molecule has 1 aromatic carbocycles. The van der Waals surface area contributed by atoms with E-state index in [-0.39, 0.29) is 24.8 Å². The fraction of sp³-hybridized carbons (Fsp3) is 0.167. The molecule has 1 aliphatic heterocycles. The van der Waals surface area contributed by atoms with Crippen molar-refractivity contribution in [3.63, 3.8) is 0 Å². The second-order valence-corrected chi connectivity index (χ2v) is 3.71. The maximum Gasteiger partial charge on any atom is 0.274 e. The fourth-order valence-electron chi connectivity index (χ4n) is 1.47. The number of ether oxygens (including phenoxy) is 2. The molecule has 0 bridgehead atoms. The van der Waals surface area contributed by atoms with Crippen molar-refractivity contribution in [2.24, 2.45) is 0 Å². The van der Waals surface area contributed by atoms with Crippen molar-refractivity contribution in [3.05, 3.63) is 47.4 Å². The summed E-state index contributed by atoms with van der Waals surface area (Å²) in [5.74, 6) is -0.384.